The Hall–Kier alpha value is -2.58. The number of aliphatic hydroxyl groups is 1. The van der Waals surface area contributed by atoms with Crippen LogP contribution < -0.4 is 4.74 Å². The van der Waals surface area contributed by atoms with E-state index < -0.39 is 17.7 Å². The third-order valence-corrected chi connectivity index (χ3v) is 7.20. The predicted octanol–water partition coefficient (Wildman–Crippen LogP) is 4.45. The van der Waals surface area contributed by atoms with Gasteiger partial charge in [0.05, 0.1) is 42.0 Å². The first-order valence-electron chi connectivity index (χ1n) is 11.5. The molecule has 2 aromatic carbocycles. The molecule has 9 heteroatoms. The quantitative estimate of drug-likeness (QED) is 0.331. The van der Waals surface area contributed by atoms with Crippen LogP contribution in [-0.4, -0.2) is 73.1 Å². The van der Waals surface area contributed by atoms with E-state index in [4.69, 9.17) is 32.7 Å². The van der Waals surface area contributed by atoms with Crippen molar-refractivity contribution in [2.24, 2.45) is 0 Å². The number of aryl methyl sites for hydroxylation is 1. The summed E-state index contributed by atoms with van der Waals surface area (Å²) in [4.78, 5) is 30.2. The highest BCUT2D eigenvalue weighted by Gasteiger charge is 2.46. The lowest BCUT2D eigenvalue weighted by atomic mass is 9.94. The van der Waals surface area contributed by atoms with Crippen molar-refractivity contribution in [3.63, 3.8) is 0 Å². The molecule has 186 valence electrons. The number of carbonyl (C=O) groups is 2. The molecule has 0 bridgehead atoms. The number of likely N-dealkylation sites (tertiary alicyclic amines) is 1. The average molecular weight is 519 g/mol. The van der Waals surface area contributed by atoms with E-state index in [-0.39, 0.29) is 11.3 Å². The Morgan fingerprint density at radius 1 is 1.09 bits per heavy atom. The molecule has 35 heavy (non-hydrogen) atoms. The molecule has 0 aliphatic carbocycles. The van der Waals surface area contributed by atoms with Gasteiger partial charge in [0.1, 0.15) is 11.5 Å². The van der Waals surface area contributed by atoms with E-state index in [9.17, 15) is 14.7 Å². The lowest BCUT2D eigenvalue weighted by Crippen LogP contribution is -2.38. The smallest absolute Gasteiger partial charge is 0.295 e. The summed E-state index contributed by atoms with van der Waals surface area (Å²) in [6.45, 7) is 6.00. The summed E-state index contributed by atoms with van der Waals surface area (Å²) in [7, 11) is 1.56. The van der Waals surface area contributed by atoms with Gasteiger partial charge in [0.25, 0.3) is 11.7 Å². The molecule has 2 saturated heterocycles. The molecule has 2 aliphatic rings. The predicted molar refractivity (Wildman–Crippen MR) is 135 cm³/mol. The lowest BCUT2D eigenvalue weighted by Gasteiger charge is -2.29. The fourth-order valence-corrected chi connectivity index (χ4v) is 4.91. The zero-order chi connectivity index (χ0) is 25.1. The van der Waals surface area contributed by atoms with E-state index >= 15 is 0 Å². The Balaban J connectivity index is 1.72. The summed E-state index contributed by atoms with van der Waals surface area (Å²) in [5.41, 5.74) is 1.82. The number of aliphatic hydroxyl groups excluding tert-OH is 1. The van der Waals surface area contributed by atoms with Crippen LogP contribution in [0.25, 0.3) is 5.76 Å². The van der Waals surface area contributed by atoms with E-state index in [1.807, 2.05) is 6.92 Å². The first kappa shape index (κ1) is 25.5. The molecule has 1 N–H and O–H groups in total. The molecule has 7 nitrogen and oxygen atoms in total. The lowest BCUT2D eigenvalue weighted by molar-refractivity contribution is -0.140. The van der Waals surface area contributed by atoms with Crippen LogP contribution in [0.15, 0.2) is 42.0 Å². The Kier molecular flexibility index (Phi) is 8.02. The van der Waals surface area contributed by atoms with Crippen molar-refractivity contribution in [1.29, 1.82) is 0 Å². The van der Waals surface area contributed by atoms with Crippen LogP contribution in [0.4, 0.5) is 0 Å². The van der Waals surface area contributed by atoms with Gasteiger partial charge in [0, 0.05) is 31.7 Å². The maximum absolute atomic E-state index is 13.2. The summed E-state index contributed by atoms with van der Waals surface area (Å²) >= 11 is 12.4. The molecular formula is C26H28Cl2N2O5. The topological polar surface area (TPSA) is 79.3 Å². The Bertz CT molecular complexity index is 1160. The van der Waals surface area contributed by atoms with Gasteiger partial charge in [-0.1, -0.05) is 29.3 Å². The first-order valence-corrected chi connectivity index (χ1v) is 12.3. The second kappa shape index (κ2) is 11.0. The van der Waals surface area contributed by atoms with Gasteiger partial charge in [0.2, 0.25) is 0 Å². The van der Waals surface area contributed by atoms with E-state index in [1.165, 1.54) is 4.90 Å². The molecule has 0 spiro atoms. The number of amides is 1. The maximum atomic E-state index is 13.2. The number of methoxy groups -OCH3 is 1. The normalized spacial score (nSPS) is 20.5. The number of Topliss-reactive ketones (excluding diaryl/α,β-unsaturated/α-hetero) is 1. The van der Waals surface area contributed by atoms with Gasteiger partial charge in [-0.15, -0.1) is 0 Å². The number of hydrogen-bond acceptors (Lipinski definition) is 6. The number of carbonyl (C=O) groups excluding carboxylic acids is 2. The largest absolute Gasteiger partial charge is 0.507 e. The Labute approximate surface area is 214 Å². The van der Waals surface area contributed by atoms with Crippen molar-refractivity contribution in [3.05, 3.63) is 68.7 Å². The molecular weight excluding hydrogens is 491 g/mol. The molecule has 0 unspecified atom stereocenters. The average Bonchev–Trinajstić information content (AvgIpc) is 3.11. The first-order chi connectivity index (χ1) is 16.8. The summed E-state index contributed by atoms with van der Waals surface area (Å²) in [5.74, 6) is -0.963. The van der Waals surface area contributed by atoms with Crippen LogP contribution in [0.2, 0.25) is 10.0 Å². The van der Waals surface area contributed by atoms with Crippen molar-refractivity contribution in [2.75, 3.05) is 46.5 Å². The molecule has 2 fully saturated rings. The number of halogens is 2. The second-order valence-electron chi connectivity index (χ2n) is 8.65. The highest BCUT2D eigenvalue weighted by Crippen LogP contribution is 2.41. The minimum Gasteiger partial charge on any atom is -0.507 e. The van der Waals surface area contributed by atoms with Crippen LogP contribution in [-0.2, 0) is 14.3 Å². The van der Waals surface area contributed by atoms with Crippen molar-refractivity contribution < 1.29 is 24.2 Å². The van der Waals surface area contributed by atoms with Gasteiger partial charge >= 0.3 is 0 Å². The number of morpholine rings is 1. The van der Waals surface area contributed by atoms with E-state index in [0.29, 0.717) is 58.7 Å². The van der Waals surface area contributed by atoms with Crippen LogP contribution >= 0.6 is 23.2 Å². The van der Waals surface area contributed by atoms with E-state index in [1.54, 1.807) is 43.5 Å². The third-order valence-electron chi connectivity index (χ3n) is 6.47. The number of ether oxygens (including phenoxy) is 2. The monoisotopic (exact) mass is 518 g/mol. The molecule has 1 amide bonds. The molecule has 0 aromatic heterocycles. The third kappa shape index (κ3) is 5.33. The summed E-state index contributed by atoms with van der Waals surface area (Å²) in [6.07, 6.45) is 0.673. The fourth-order valence-electron chi connectivity index (χ4n) is 4.60. The van der Waals surface area contributed by atoms with Gasteiger partial charge < -0.3 is 19.5 Å². The maximum Gasteiger partial charge on any atom is 0.295 e. The van der Waals surface area contributed by atoms with Gasteiger partial charge in [-0.25, -0.2) is 0 Å². The zero-order valence-electron chi connectivity index (χ0n) is 19.7. The number of nitrogens with zero attached hydrogens (tertiary/aromatic N) is 2. The molecule has 0 saturated carbocycles. The van der Waals surface area contributed by atoms with Crippen LogP contribution in [0, 0.1) is 6.92 Å². The zero-order valence-corrected chi connectivity index (χ0v) is 21.2. The molecule has 2 aliphatic heterocycles. The second-order valence-corrected chi connectivity index (χ2v) is 9.47. The molecule has 1 atom stereocenters. The SMILES string of the molecule is COc1ccc(C(O)=C2C(=O)C(=O)N(CCCN3CCOCC3)[C@@H]2c2ccc(Cl)c(Cl)c2)c(C)c1. The molecule has 4 rings (SSSR count). The van der Waals surface area contributed by atoms with Crippen LogP contribution in [0.5, 0.6) is 5.75 Å². The number of benzene rings is 2. The standard InChI is InChI=1S/C26H28Cl2N2O5/c1-16-14-18(34-2)5-6-19(16)24(31)22-23(17-4-7-20(27)21(28)15-17)30(26(33)25(22)32)9-3-8-29-10-12-35-13-11-29/h4-7,14-15,23,31H,3,8-13H2,1-2H3/t23-/m1/s1. The molecule has 2 heterocycles. The van der Waals surface area contributed by atoms with Crippen molar-refractivity contribution in [3.8, 4) is 5.75 Å². The van der Waals surface area contributed by atoms with Crippen molar-refractivity contribution >= 4 is 40.7 Å². The van der Waals surface area contributed by atoms with E-state index in [0.717, 1.165) is 19.6 Å². The van der Waals surface area contributed by atoms with Crippen LogP contribution in [0.3, 0.4) is 0 Å². The van der Waals surface area contributed by atoms with Crippen molar-refractivity contribution in [1.82, 2.24) is 9.80 Å². The van der Waals surface area contributed by atoms with Crippen LogP contribution in [0.1, 0.15) is 29.2 Å². The van der Waals surface area contributed by atoms with Gasteiger partial charge in [-0.3, -0.25) is 14.5 Å². The van der Waals surface area contributed by atoms with Gasteiger partial charge in [0.15, 0.2) is 0 Å². The summed E-state index contributed by atoms with van der Waals surface area (Å²) in [6, 6.07) is 9.37. The van der Waals surface area contributed by atoms with Gasteiger partial charge in [-0.05, 0) is 54.8 Å². The van der Waals surface area contributed by atoms with E-state index in [2.05, 4.69) is 4.90 Å². The molecule has 2 aromatic rings. The summed E-state index contributed by atoms with van der Waals surface area (Å²) in [5, 5.41) is 12.0. The van der Waals surface area contributed by atoms with Gasteiger partial charge in [-0.2, -0.15) is 0 Å². The van der Waals surface area contributed by atoms with Crippen molar-refractivity contribution in [2.45, 2.75) is 19.4 Å². The highest BCUT2D eigenvalue weighted by molar-refractivity contribution is 6.47. The Morgan fingerprint density at radius 3 is 2.49 bits per heavy atom. The highest BCUT2D eigenvalue weighted by atomic mass is 35.5. The Morgan fingerprint density at radius 2 is 1.83 bits per heavy atom. The summed E-state index contributed by atoms with van der Waals surface area (Å²) < 4.78 is 10.7. The number of ketones is 1. The minimum atomic E-state index is -0.782. The number of rotatable bonds is 7. The fraction of sp³-hybridized carbons (Fsp3) is 0.385. The number of hydrogen-bond donors (Lipinski definition) is 1. The molecule has 0 radical (unpaired) electrons. The minimum absolute atomic E-state index is 0.0352.